The first kappa shape index (κ1) is 14.4. The number of benzene rings is 2. The molecule has 0 bridgehead atoms. The molecule has 21 heavy (non-hydrogen) atoms. The van der Waals surface area contributed by atoms with Gasteiger partial charge < -0.3 is 11.1 Å². The second kappa shape index (κ2) is 5.53. The Balaban J connectivity index is 2.36. The third-order valence-corrected chi connectivity index (χ3v) is 2.66. The lowest BCUT2D eigenvalue weighted by atomic mass is 10.1. The van der Waals surface area contributed by atoms with Crippen LogP contribution in [-0.2, 0) is 0 Å². The number of nitrogens with two attached hydrogens (primary N) is 1. The predicted molar refractivity (Wildman–Crippen MR) is 71.8 cm³/mol. The van der Waals surface area contributed by atoms with Gasteiger partial charge in [0.15, 0.2) is 0 Å². The fraction of sp³-hybridized carbons (Fsp3) is 0. The Hall–Kier alpha value is -3.03. The first-order valence-corrected chi connectivity index (χ1v) is 5.69. The molecule has 1 amide bonds. The van der Waals surface area contributed by atoms with Crippen molar-refractivity contribution in [1.82, 2.24) is 0 Å². The fourth-order valence-electron chi connectivity index (χ4n) is 1.68. The highest BCUT2D eigenvalue weighted by atomic mass is 19.1. The van der Waals surface area contributed by atoms with Gasteiger partial charge in [0.25, 0.3) is 11.6 Å². The molecule has 6 nitrogen and oxygen atoms in total. The Bertz CT molecular complexity index is 735. The van der Waals surface area contributed by atoms with Crippen molar-refractivity contribution in [3.8, 4) is 0 Å². The van der Waals surface area contributed by atoms with E-state index in [9.17, 15) is 23.7 Å². The second-order valence-electron chi connectivity index (χ2n) is 4.10. The van der Waals surface area contributed by atoms with Crippen LogP contribution in [0.15, 0.2) is 36.4 Å². The van der Waals surface area contributed by atoms with Gasteiger partial charge in [-0.1, -0.05) is 0 Å². The molecule has 0 radical (unpaired) electrons. The summed E-state index contributed by atoms with van der Waals surface area (Å²) in [5.74, 6) is -2.32. The standard InChI is InChI=1S/C13H9F2N3O3/c14-7-1-3-10(16)9(5-7)13(19)17-11-4-2-8(15)6-12(11)18(20)21/h1-6H,16H2,(H,17,19). The molecule has 0 aliphatic carbocycles. The molecule has 0 unspecified atom stereocenters. The summed E-state index contributed by atoms with van der Waals surface area (Å²) in [4.78, 5) is 21.9. The molecule has 0 aliphatic heterocycles. The summed E-state index contributed by atoms with van der Waals surface area (Å²) < 4.78 is 26.1. The number of anilines is 2. The molecule has 2 aromatic carbocycles. The van der Waals surface area contributed by atoms with E-state index in [1.807, 2.05) is 0 Å². The summed E-state index contributed by atoms with van der Waals surface area (Å²) in [6, 6.07) is 5.85. The zero-order valence-electron chi connectivity index (χ0n) is 10.5. The lowest BCUT2D eigenvalue weighted by Crippen LogP contribution is -2.15. The maximum atomic E-state index is 13.1. The molecule has 0 aliphatic rings. The van der Waals surface area contributed by atoms with Crippen LogP contribution in [0.5, 0.6) is 0 Å². The highest BCUT2D eigenvalue weighted by molar-refractivity contribution is 6.08. The molecule has 0 fully saturated rings. The normalized spacial score (nSPS) is 10.2. The van der Waals surface area contributed by atoms with E-state index < -0.39 is 28.2 Å². The quantitative estimate of drug-likeness (QED) is 0.516. The Morgan fingerprint density at radius 2 is 1.76 bits per heavy atom. The zero-order chi connectivity index (χ0) is 15.6. The molecular weight excluding hydrogens is 284 g/mol. The Kier molecular flexibility index (Phi) is 3.79. The number of halogens is 2. The van der Waals surface area contributed by atoms with Crippen LogP contribution in [-0.4, -0.2) is 10.8 Å². The Labute approximate surface area is 117 Å². The van der Waals surface area contributed by atoms with Gasteiger partial charge in [-0.3, -0.25) is 14.9 Å². The smallest absolute Gasteiger partial charge is 0.295 e. The summed E-state index contributed by atoms with van der Waals surface area (Å²) >= 11 is 0. The van der Waals surface area contributed by atoms with Crippen LogP contribution in [0, 0.1) is 21.7 Å². The number of carbonyl (C=O) groups is 1. The summed E-state index contributed by atoms with van der Waals surface area (Å²) in [6.45, 7) is 0. The Morgan fingerprint density at radius 1 is 1.14 bits per heavy atom. The zero-order valence-corrected chi connectivity index (χ0v) is 10.5. The van der Waals surface area contributed by atoms with Gasteiger partial charge in [0.05, 0.1) is 16.6 Å². The van der Waals surface area contributed by atoms with Gasteiger partial charge in [-0.25, -0.2) is 8.78 Å². The van der Waals surface area contributed by atoms with Gasteiger partial charge in [0, 0.05) is 5.69 Å². The van der Waals surface area contributed by atoms with Crippen molar-refractivity contribution in [3.63, 3.8) is 0 Å². The van der Waals surface area contributed by atoms with Gasteiger partial charge in [0.1, 0.15) is 17.3 Å². The number of nitrogens with one attached hydrogen (secondary N) is 1. The van der Waals surface area contributed by atoms with Crippen LogP contribution in [0.25, 0.3) is 0 Å². The molecule has 0 heterocycles. The average Bonchev–Trinajstić information content (AvgIpc) is 2.43. The first-order chi connectivity index (χ1) is 9.88. The third kappa shape index (κ3) is 3.11. The molecule has 2 aromatic rings. The predicted octanol–water partition coefficient (Wildman–Crippen LogP) is 2.71. The lowest BCUT2D eigenvalue weighted by molar-refractivity contribution is -0.384. The van der Waals surface area contributed by atoms with Crippen LogP contribution >= 0.6 is 0 Å². The topological polar surface area (TPSA) is 98.3 Å². The number of hydrogen-bond acceptors (Lipinski definition) is 4. The largest absolute Gasteiger partial charge is 0.398 e. The monoisotopic (exact) mass is 293 g/mol. The van der Waals surface area contributed by atoms with Gasteiger partial charge >= 0.3 is 0 Å². The molecule has 108 valence electrons. The minimum absolute atomic E-state index is 0.0127. The van der Waals surface area contributed by atoms with Crippen molar-refractivity contribution in [2.75, 3.05) is 11.1 Å². The number of nitrogen functional groups attached to an aromatic ring is 1. The molecule has 0 aromatic heterocycles. The van der Waals surface area contributed by atoms with E-state index in [0.717, 1.165) is 24.3 Å². The Morgan fingerprint density at radius 3 is 2.43 bits per heavy atom. The molecule has 0 spiro atoms. The van der Waals surface area contributed by atoms with E-state index >= 15 is 0 Å². The highest BCUT2D eigenvalue weighted by Gasteiger charge is 2.19. The summed E-state index contributed by atoms with van der Waals surface area (Å²) in [5.41, 5.74) is 4.56. The second-order valence-corrected chi connectivity index (χ2v) is 4.10. The number of nitrogens with zero attached hydrogens (tertiary/aromatic N) is 1. The van der Waals surface area contributed by atoms with E-state index in [0.29, 0.717) is 6.07 Å². The first-order valence-electron chi connectivity index (χ1n) is 5.69. The van der Waals surface area contributed by atoms with Gasteiger partial charge in [-0.05, 0) is 30.3 Å². The van der Waals surface area contributed by atoms with Crippen LogP contribution in [0.4, 0.5) is 25.8 Å². The van der Waals surface area contributed by atoms with Gasteiger partial charge in [-0.2, -0.15) is 0 Å². The number of nitro groups is 1. The van der Waals surface area contributed by atoms with E-state index in [1.165, 1.54) is 6.07 Å². The van der Waals surface area contributed by atoms with E-state index in [-0.39, 0.29) is 16.9 Å². The molecule has 0 atom stereocenters. The summed E-state index contributed by atoms with van der Waals surface area (Å²) in [7, 11) is 0. The van der Waals surface area contributed by atoms with E-state index in [4.69, 9.17) is 5.73 Å². The van der Waals surface area contributed by atoms with Crippen molar-refractivity contribution in [1.29, 1.82) is 0 Å². The van der Waals surface area contributed by atoms with E-state index in [2.05, 4.69) is 5.32 Å². The van der Waals surface area contributed by atoms with Crippen molar-refractivity contribution in [2.45, 2.75) is 0 Å². The van der Waals surface area contributed by atoms with Gasteiger partial charge in [-0.15, -0.1) is 0 Å². The fourth-order valence-corrected chi connectivity index (χ4v) is 1.68. The number of rotatable bonds is 3. The summed E-state index contributed by atoms with van der Waals surface area (Å²) in [5, 5.41) is 13.0. The van der Waals surface area contributed by atoms with Crippen molar-refractivity contribution < 1.29 is 18.5 Å². The SMILES string of the molecule is Nc1ccc(F)cc1C(=O)Nc1ccc(F)cc1[N+](=O)[O-]. The molecule has 0 saturated carbocycles. The molecule has 3 N–H and O–H groups in total. The van der Waals surface area contributed by atoms with Gasteiger partial charge in [0.2, 0.25) is 0 Å². The number of carbonyl (C=O) groups excluding carboxylic acids is 1. The number of amides is 1. The molecule has 2 rings (SSSR count). The average molecular weight is 293 g/mol. The maximum absolute atomic E-state index is 13.1. The molecular formula is C13H9F2N3O3. The number of nitro benzene ring substituents is 1. The number of hydrogen-bond donors (Lipinski definition) is 2. The van der Waals surface area contributed by atoms with Crippen LogP contribution in [0.2, 0.25) is 0 Å². The van der Waals surface area contributed by atoms with Crippen molar-refractivity contribution in [2.24, 2.45) is 0 Å². The third-order valence-electron chi connectivity index (χ3n) is 2.66. The van der Waals surface area contributed by atoms with Crippen molar-refractivity contribution in [3.05, 3.63) is 63.7 Å². The van der Waals surface area contributed by atoms with Crippen LogP contribution < -0.4 is 11.1 Å². The molecule has 0 saturated heterocycles. The molecule has 8 heteroatoms. The lowest BCUT2D eigenvalue weighted by Gasteiger charge is -2.08. The van der Waals surface area contributed by atoms with Crippen LogP contribution in [0.3, 0.4) is 0 Å². The highest BCUT2D eigenvalue weighted by Crippen LogP contribution is 2.26. The minimum atomic E-state index is -0.840. The maximum Gasteiger partial charge on any atom is 0.295 e. The van der Waals surface area contributed by atoms with E-state index in [1.54, 1.807) is 0 Å². The van der Waals surface area contributed by atoms with Crippen molar-refractivity contribution >= 4 is 23.0 Å². The summed E-state index contributed by atoms with van der Waals surface area (Å²) in [6.07, 6.45) is 0. The van der Waals surface area contributed by atoms with Crippen LogP contribution in [0.1, 0.15) is 10.4 Å². The minimum Gasteiger partial charge on any atom is -0.398 e.